The van der Waals surface area contributed by atoms with Crippen molar-refractivity contribution in [1.29, 1.82) is 0 Å². The Morgan fingerprint density at radius 3 is 2.76 bits per heavy atom. The second kappa shape index (κ2) is 5.37. The molecule has 0 atom stereocenters. The molecule has 2 aromatic carbocycles. The molecule has 3 rings (SSSR count). The third-order valence-corrected chi connectivity index (χ3v) is 3.93. The summed E-state index contributed by atoms with van der Waals surface area (Å²) in [4.78, 5) is 12.6. The van der Waals surface area contributed by atoms with Crippen LogP contribution in [-0.4, -0.2) is 12.9 Å². The van der Waals surface area contributed by atoms with Gasteiger partial charge in [-0.3, -0.25) is 4.79 Å². The molecule has 0 aliphatic heterocycles. The second-order valence-corrected chi connectivity index (χ2v) is 5.67. The topological polar surface area (TPSA) is 39.4 Å². The Bertz CT molecular complexity index is 833. The quantitative estimate of drug-likeness (QED) is 0.644. The van der Waals surface area contributed by atoms with Gasteiger partial charge in [-0.05, 0) is 37.3 Å². The number of rotatable bonds is 3. The number of furan rings is 1. The van der Waals surface area contributed by atoms with E-state index in [-0.39, 0.29) is 5.78 Å². The van der Waals surface area contributed by atoms with E-state index >= 15 is 0 Å². The third kappa shape index (κ3) is 2.47. The average molecular weight is 345 g/mol. The molecule has 0 spiro atoms. The van der Waals surface area contributed by atoms with Crippen LogP contribution in [0.4, 0.5) is 0 Å². The van der Waals surface area contributed by atoms with Crippen LogP contribution in [0.15, 0.2) is 51.4 Å². The van der Waals surface area contributed by atoms with Gasteiger partial charge < -0.3 is 9.15 Å². The number of hydrogen-bond acceptors (Lipinski definition) is 3. The number of halogens is 1. The van der Waals surface area contributed by atoms with E-state index in [1.165, 1.54) is 0 Å². The van der Waals surface area contributed by atoms with E-state index in [4.69, 9.17) is 9.15 Å². The van der Waals surface area contributed by atoms with Gasteiger partial charge in [-0.25, -0.2) is 0 Å². The molecule has 1 heterocycles. The monoisotopic (exact) mass is 344 g/mol. The number of ether oxygens (including phenoxy) is 1. The molecule has 0 bridgehead atoms. The molecule has 0 N–H and O–H groups in total. The second-order valence-electron chi connectivity index (χ2n) is 4.76. The SMILES string of the molecule is COc1cccc(C(=O)c2oc3ccc(Br)cc3c2C)c1. The van der Waals surface area contributed by atoms with Crippen LogP contribution in [-0.2, 0) is 0 Å². The van der Waals surface area contributed by atoms with Crippen molar-refractivity contribution in [2.24, 2.45) is 0 Å². The summed E-state index contributed by atoms with van der Waals surface area (Å²) in [6.07, 6.45) is 0. The smallest absolute Gasteiger partial charge is 0.228 e. The molecule has 0 aliphatic carbocycles. The van der Waals surface area contributed by atoms with Crippen molar-refractivity contribution in [3.8, 4) is 5.75 Å². The van der Waals surface area contributed by atoms with Gasteiger partial charge in [0.15, 0.2) is 5.76 Å². The van der Waals surface area contributed by atoms with E-state index in [2.05, 4.69) is 15.9 Å². The number of ketones is 1. The first-order valence-corrected chi connectivity index (χ1v) is 7.27. The molecule has 0 saturated carbocycles. The molecule has 0 radical (unpaired) electrons. The molecule has 3 aromatic rings. The normalized spacial score (nSPS) is 10.8. The maximum Gasteiger partial charge on any atom is 0.228 e. The fourth-order valence-electron chi connectivity index (χ4n) is 2.31. The zero-order valence-electron chi connectivity index (χ0n) is 11.6. The maximum absolute atomic E-state index is 12.6. The van der Waals surface area contributed by atoms with Crippen LogP contribution >= 0.6 is 15.9 Å². The number of carbonyl (C=O) groups excluding carboxylic acids is 1. The Balaban J connectivity index is 2.11. The number of methoxy groups -OCH3 is 1. The molecule has 0 amide bonds. The Morgan fingerprint density at radius 1 is 1.19 bits per heavy atom. The predicted molar refractivity (Wildman–Crippen MR) is 85.1 cm³/mol. The van der Waals surface area contributed by atoms with Crippen molar-refractivity contribution >= 4 is 32.7 Å². The van der Waals surface area contributed by atoms with Gasteiger partial charge in [0.05, 0.1) is 7.11 Å². The number of benzene rings is 2. The summed E-state index contributed by atoms with van der Waals surface area (Å²) in [5.74, 6) is 0.882. The van der Waals surface area contributed by atoms with Crippen molar-refractivity contribution in [3.05, 3.63) is 63.8 Å². The highest BCUT2D eigenvalue weighted by atomic mass is 79.9. The Kier molecular flexibility index (Phi) is 3.55. The molecular formula is C17H13BrO3. The molecule has 0 saturated heterocycles. The van der Waals surface area contributed by atoms with Gasteiger partial charge in [0.2, 0.25) is 5.78 Å². The van der Waals surface area contributed by atoms with Crippen molar-refractivity contribution in [2.45, 2.75) is 6.92 Å². The first-order chi connectivity index (χ1) is 10.1. The lowest BCUT2D eigenvalue weighted by Gasteiger charge is -2.02. The molecule has 1 aromatic heterocycles. The van der Waals surface area contributed by atoms with E-state index in [1.807, 2.05) is 25.1 Å². The van der Waals surface area contributed by atoms with Crippen LogP contribution in [0.1, 0.15) is 21.7 Å². The lowest BCUT2D eigenvalue weighted by atomic mass is 10.0. The van der Waals surface area contributed by atoms with Crippen molar-refractivity contribution in [2.75, 3.05) is 7.11 Å². The fraction of sp³-hybridized carbons (Fsp3) is 0.118. The van der Waals surface area contributed by atoms with Crippen LogP contribution in [0.3, 0.4) is 0 Å². The van der Waals surface area contributed by atoms with Gasteiger partial charge >= 0.3 is 0 Å². The van der Waals surface area contributed by atoms with Crippen LogP contribution in [0.25, 0.3) is 11.0 Å². The van der Waals surface area contributed by atoms with Gasteiger partial charge in [0.1, 0.15) is 11.3 Å². The van der Waals surface area contributed by atoms with Crippen molar-refractivity contribution < 1.29 is 13.9 Å². The van der Waals surface area contributed by atoms with E-state index in [9.17, 15) is 4.79 Å². The van der Waals surface area contributed by atoms with Gasteiger partial charge in [-0.2, -0.15) is 0 Å². The highest BCUT2D eigenvalue weighted by Gasteiger charge is 2.19. The van der Waals surface area contributed by atoms with E-state index < -0.39 is 0 Å². The largest absolute Gasteiger partial charge is 0.497 e. The first-order valence-electron chi connectivity index (χ1n) is 6.47. The molecule has 21 heavy (non-hydrogen) atoms. The zero-order valence-corrected chi connectivity index (χ0v) is 13.2. The molecule has 0 unspecified atom stereocenters. The summed E-state index contributed by atoms with van der Waals surface area (Å²) in [6, 6.07) is 12.8. The molecule has 3 nitrogen and oxygen atoms in total. The minimum absolute atomic E-state index is 0.140. The van der Waals surface area contributed by atoms with Gasteiger partial charge in [0.25, 0.3) is 0 Å². The fourth-order valence-corrected chi connectivity index (χ4v) is 2.67. The lowest BCUT2D eigenvalue weighted by Crippen LogP contribution is -2.01. The molecular weight excluding hydrogens is 332 g/mol. The van der Waals surface area contributed by atoms with Crippen LogP contribution in [0.5, 0.6) is 5.75 Å². The predicted octanol–water partition coefficient (Wildman–Crippen LogP) is 4.74. The third-order valence-electron chi connectivity index (χ3n) is 3.44. The van der Waals surface area contributed by atoms with Crippen LogP contribution < -0.4 is 4.74 Å². The minimum Gasteiger partial charge on any atom is -0.497 e. The molecule has 106 valence electrons. The standard InChI is InChI=1S/C17H13BrO3/c1-10-14-9-12(18)6-7-15(14)21-17(10)16(19)11-4-3-5-13(8-11)20-2/h3-9H,1-2H3. The summed E-state index contributed by atoms with van der Waals surface area (Å²) < 4.78 is 11.8. The van der Waals surface area contributed by atoms with E-state index in [0.717, 1.165) is 15.4 Å². The van der Waals surface area contributed by atoms with Crippen molar-refractivity contribution in [1.82, 2.24) is 0 Å². The van der Waals surface area contributed by atoms with Crippen LogP contribution in [0, 0.1) is 6.92 Å². The average Bonchev–Trinajstić information content (AvgIpc) is 2.83. The summed E-state index contributed by atoms with van der Waals surface area (Å²) in [5, 5.41) is 0.940. The van der Waals surface area contributed by atoms with Gasteiger partial charge in [-0.15, -0.1) is 0 Å². The number of fused-ring (bicyclic) bond motifs is 1. The lowest BCUT2D eigenvalue weighted by molar-refractivity contribution is 0.101. The van der Waals surface area contributed by atoms with E-state index in [0.29, 0.717) is 22.7 Å². The summed E-state index contributed by atoms with van der Waals surface area (Å²) in [5.41, 5.74) is 2.11. The maximum atomic E-state index is 12.6. The van der Waals surface area contributed by atoms with Crippen molar-refractivity contribution in [3.63, 3.8) is 0 Å². The highest BCUT2D eigenvalue weighted by Crippen LogP contribution is 2.29. The van der Waals surface area contributed by atoms with Gasteiger partial charge in [0, 0.05) is 21.0 Å². The Hall–Kier alpha value is -2.07. The molecule has 0 fully saturated rings. The summed E-state index contributed by atoms with van der Waals surface area (Å²) in [7, 11) is 1.58. The zero-order chi connectivity index (χ0) is 15.0. The molecule has 0 aliphatic rings. The minimum atomic E-state index is -0.140. The van der Waals surface area contributed by atoms with Gasteiger partial charge in [-0.1, -0.05) is 28.1 Å². The van der Waals surface area contributed by atoms with E-state index in [1.54, 1.807) is 31.4 Å². The number of aryl methyl sites for hydroxylation is 1. The Morgan fingerprint density at radius 2 is 2.00 bits per heavy atom. The summed E-state index contributed by atoms with van der Waals surface area (Å²) >= 11 is 3.43. The highest BCUT2D eigenvalue weighted by molar-refractivity contribution is 9.10. The van der Waals surface area contributed by atoms with Crippen LogP contribution in [0.2, 0.25) is 0 Å². The first kappa shape index (κ1) is 13.9. The number of carbonyl (C=O) groups is 1. The molecule has 4 heteroatoms. The Labute approximate surface area is 130 Å². The summed E-state index contributed by atoms with van der Waals surface area (Å²) in [6.45, 7) is 1.89. The number of hydrogen-bond donors (Lipinski definition) is 0.